The number of hydrogen-bond acceptors (Lipinski definition) is 7. The Bertz CT molecular complexity index is 1780. The van der Waals surface area contributed by atoms with Crippen LogP contribution in [0, 0.1) is 6.92 Å². The molecule has 5 heterocycles. The van der Waals surface area contributed by atoms with Crippen LogP contribution in [-0.4, -0.2) is 69.3 Å². The van der Waals surface area contributed by atoms with Crippen LogP contribution in [0.4, 0.5) is 22.1 Å². The van der Waals surface area contributed by atoms with Crippen molar-refractivity contribution in [2.45, 2.75) is 19.9 Å². The van der Waals surface area contributed by atoms with Gasteiger partial charge in [-0.25, -0.2) is 19.1 Å². The van der Waals surface area contributed by atoms with Crippen molar-refractivity contribution in [1.29, 1.82) is 0 Å². The highest BCUT2D eigenvalue weighted by molar-refractivity contribution is 5.93. The number of rotatable bonds is 8. The zero-order valence-electron chi connectivity index (χ0n) is 24.3. The molecule has 0 bridgehead atoms. The summed E-state index contributed by atoms with van der Waals surface area (Å²) >= 11 is 0. The number of nitrogens with zero attached hydrogens (tertiary/aromatic N) is 8. The number of ether oxygens (including phenoxy) is 2. The molecule has 11 heteroatoms. The van der Waals surface area contributed by atoms with Gasteiger partial charge in [-0.2, -0.15) is 5.10 Å². The van der Waals surface area contributed by atoms with E-state index in [-0.39, 0.29) is 6.03 Å². The second-order valence-corrected chi connectivity index (χ2v) is 10.6. The second kappa shape index (κ2) is 10.8. The van der Waals surface area contributed by atoms with Crippen molar-refractivity contribution >= 4 is 23.4 Å². The Kier molecular flexibility index (Phi) is 6.69. The van der Waals surface area contributed by atoms with Crippen LogP contribution in [0.15, 0.2) is 79.3 Å². The smallest absolute Gasteiger partial charge is 0.326 e. The molecule has 0 spiro atoms. The number of anilines is 3. The van der Waals surface area contributed by atoms with Gasteiger partial charge in [-0.15, -0.1) is 5.10 Å². The molecule has 0 atom stereocenters. The quantitative estimate of drug-likeness (QED) is 0.259. The molecule has 1 saturated heterocycles. The third-order valence-electron chi connectivity index (χ3n) is 8.00. The van der Waals surface area contributed by atoms with E-state index in [1.54, 1.807) is 25.3 Å². The summed E-state index contributed by atoms with van der Waals surface area (Å²) < 4.78 is 14.7. The minimum absolute atomic E-state index is 0.0472. The number of urea groups is 1. The Hall–Kier alpha value is -5.32. The molecule has 0 radical (unpaired) electrons. The first kappa shape index (κ1) is 26.6. The first-order valence-corrected chi connectivity index (χ1v) is 14.2. The van der Waals surface area contributed by atoms with Gasteiger partial charge in [-0.1, -0.05) is 12.1 Å². The van der Waals surface area contributed by atoms with Crippen LogP contribution in [0.2, 0.25) is 0 Å². The maximum absolute atomic E-state index is 13.3. The van der Waals surface area contributed by atoms with Gasteiger partial charge in [0.15, 0.2) is 5.82 Å². The van der Waals surface area contributed by atoms with E-state index < -0.39 is 0 Å². The third kappa shape index (κ3) is 4.82. The van der Waals surface area contributed by atoms with E-state index in [0.717, 1.165) is 64.2 Å². The Morgan fingerprint density at radius 2 is 1.72 bits per heavy atom. The molecule has 218 valence electrons. The van der Waals surface area contributed by atoms with Crippen LogP contribution in [-0.2, 0) is 13.0 Å². The van der Waals surface area contributed by atoms with Crippen molar-refractivity contribution in [2.24, 2.45) is 0 Å². The summed E-state index contributed by atoms with van der Waals surface area (Å²) in [6.45, 7) is 4.51. The molecule has 11 nitrogen and oxygen atoms in total. The molecule has 0 N–H and O–H groups in total. The second-order valence-electron chi connectivity index (χ2n) is 10.6. The number of amides is 2. The average molecular weight is 577 g/mol. The minimum atomic E-state index is -0.0472. The summed E-state index contributed by atoms with van der Waals surface area (Å²) in [4.78, 5) is 24.0. The van der Waals surface area contributed by atoms with Crippen LogP contribution in [0.25, 0.3) is 11.4 Å². The first-order valence-electron chi connectivity index (χ1n) is 14.2. The fraction of sp³-hybridized carbons (Fsp3) is 0.250. The normalized spacial score (nSPS) is 14.5. The van der Waals surface area contributed by atoms with Gasteiger partial charge in [0.25, 0.3) is 0 Å². The average Bonchev–Trinajstić information content (AvgIpc) is 3.85. The Morgan fingerprint density at radius 1 is 0.860 bits per heavy atom. The van der Waals surface area contributed by atoms with Crippen LogP contribution in [0.1, 0.15) is 16.8 Å². The molecule has 2 aromatic carbocycles. The highest BCUT2D eigenvalue weighted by Crippen LogP contribution is 2.41. The summed E-state index contributed by atoms with van der Waals surface area (Å²) in [5.41, 5.74) is 5.87. The molecule has 5 aromatic rings. The predicted molar refractivity (Wildman–Crippen MR) is 163 cm³/mol. The van der Waals surface area contributed by atoms with E-state index in [1.807, 2.05) is 82.1 Å². The van der Waals surface area contributed by atoms with Gasteiger partial charge >= 0.3 is 6.03 Å². The Balaban J connectivity index is 1.14. The van der Waals surface area contributed by atoms with E-state index in [1.165, 1.54) is 0 Å². The number of methoxy groups -OCH3 is 2. The molecule has 43 heavy (non-hydrogen) atoms. The Morgan fingerprint density at radius 3 is 2.49 bits per heavy atom. The first-order chi connectivity index (χ1) is 21.0. The van der Waals surface area contributed by atoms with Gasteiger partial charge in [-0.05, 0) is 55.3 Å². The summed E-state index contributed by atoms with van der Waals surface area (Å²) in [5.74, 6) is 3.07. The summed E-state index contributed by atoms with van der Waals surface area (Å²) in [6, 6.07) is 19.7. The lowest BCUT2D eigenvalue weighted by Gasteiger charge is -2.22. The molecule has 0 aliphatic carbocycles. The highest BCUT2D eigenvalue weighted by atomic mass is 16.5. The van der Waals surface area contributed by atoms with E-state index in [4.69, 9.17) is 19.6 Å². The number of carbonyl (C=O) groups excluding carboxylic acids is 1. The fourth-order valence-electron chi connectivity index (χ4n) is 5.84. The van der Waals surface area contributed by atoms with E-state index in [0.29, 0.717) is 25.5 Å². The van der Waals surface area contributed by atoms with Crippen molar-refractivity contribution in [1.82, 2.24) is 29.4 Å². The lowest BCUT2D eigenvalue weighted by molar-refractivity contribution is 0.218. The monoisotopic (exact) mass is 576 g/mol. The minimum Gasteiger partial charge on any atom is -0.497 e. The van der Waals surface area contributed by atoms with Crippen LogP contribution in [0.5, 0.6) is 11.5 Å². The molecule has 1 fully saturated rings. The Labute approximate surface area is 249 Å². The van der Waals surface area contributed by atoms with Gasteiger partial charge in [0.1, 0.15) is 17.3 Å². The summed E-state index contributed by atoms with van der Waals surface area (Å²) in [7, 11) is 3.33. The number of carbonyl (C=O) groups is 1. The van der Waals surface area contributed by atoms with Gasteiger partial charge < -0.3 is 19.3 Å². The molecule has 3 aromatic heterocycles. The SMILES string of the molecule is COc1ccc(CN2CCN(c3ccn(-c4cc(C)nc5c4CCN5c4ccc(-n5cccn5)cc4OC)n3)C2=O)cc1. The van der Waals surface area contributed by atoms with Crippen molar-refractivity contribution in [2.75, 3.05) is 43.7 Å². The van der Waals surface area contributed by atoms with Crippen molar-refractivity contribution < 1.29 is 14.3 Å². The summed E-state index contributed by atoms with van der Waals surface area (Å²) in [6.07, 6.45) is 6.38. The number of fused-ring (bicyclic) bond motifs is 1. The number of hydrogen-bond donors (Lipinski definition) is 0. The lowest BCUT2D eigenvalue weighted by Crippen LogP contribution is -2.31. The van der Waals surface area contributed by atoms with Gasteiger partial charge in [-0.3, -0.25) is 4.90 Å². The molecular formula is C32H32N8O3. The van der Waals surface area contributed by atoms with Gasteiger partial charge in [0, 0.05) is 68.2 Å². The van der Waals surface area contributed by atoms with Crippen molar-refractivity contribution in [3.63, 3.8) is 0 Å². The number of benzene rings is 2. The predicted octanol–water partition coefficient (Wildman–Crippen LogP) is 4.92. The van der Waals surface area contributed by atoms with Crippen molar-refractivity contribution in [3.8, 4) is 22.9 Å². The van der Waals surface area contributed by atoms with Gasteiger partial charge in [0.05, 0.1) is 31.3 Å². The van der Waals surface area contributed by atoms with E-state index in [9.17, 15) is 4.79 Å². The standard InChI is InChI=1S/C32H32N8O3/c1-22-19-28(26-11-15-37(31(26)34-22)27-10-7-24(20-29(27)43-3)39-14-4-13-33-39)40-16-12-30(35-40)38-18-17-36(32(38)41)21-23-5-8-25(42-2)9-6-23/h4-10,12-14,16,19-20H,11,15,17-18,21H2,1-3H3. The maximum atomic E-state index is 13.3. The lowest BCUT2D eigenvalue weighted by atomic mass is 10.1. The fourth-order valence-corrected chi connectivity index (χ4v) is 5.84. The largest absolute Gasteiger partial charge is 0.497 e. The maximum Gasteiger partial charge on any atom is 0.326 e. The molecule has 2 amide bonds. The molecule has 2 aliphatic heterocycles. The number of aryl methyl sites for hydroxylation is 1. The molecular weight excluding hydrogens is 544 g/mol. The molecule has 2 aliphatic rings. The van der Waals surface area contributed by atoms with Crippen LogP contribution in [0.3, 0.4) is 0 Å². The van der Waals surface area contributed by atoms with Crippen molar-refractivity contribution in [3.05, 3.63) is 96.1 Å². The summed E-state index contributed by atoms with van der Waals surface area (Å²) in [5, 5.41) is 9.20. The van der Waals surface area contributed by atoms with Crippen LogP contribution < -0.4 is 19.3 Å². The highest BCUT2D eigenvalue weighted by Gasteiger charge is 2.32. The zero-order valence-corrected chi connectivity index (χ0v) is 24.3. The van der Waals surface area contributed by atoms with Crippen LogP contribution >= 0.6 is 0 Å². The molecule has 7 rings (SSSR count). The topological polar surface area (TPSA) is 93.8 Å². The number of aromatic nitrogens is 5. The van der Waals surface area contributed by atoms with E-state index >= 15 is 0 Å². The zero-order chi connectivity index (χ0) is 29.5. The number of pyridine rings is 1. The molecule has 0 unspecified atom stereocenters. The molecule has 0 saturated carbocycles. The van der Waals surface area contributed by atoms with Gasteiger partial charge in [0.2, 0.25) is 0 Å². The third-order valence-corrected chi connectivity index (χ3v) is 8.00. The van der Waals surface area contributed by atoms with E-state index in [2.05, 4.69) is 22.1 Å².